The van der Waals surface area contributed by atoms with Crippen LogP contribution in [0.2, 0.25) is 0 Å². The molecule has 1 aliphatic rings. The van der Waals surface area contributed by atoms with Crippen LogP contribution in [-0.4, -0.2) is 0 Å². The number of furan rings is 1. The summed E-state index contributed by atoms with van der Waals surface area (Å²) in [4.78, 5) is 4.71. The Morgan fingerprint density at radius 3 is 1.64 bits per heavy atom. The fourth-order valence-corrected chi connectivity index (χ4v) is 10.8. The molecule has 2 heterocycles. The van der Waals surface area contributed by atoms with Crippen LogP contribution in [0.5, 0.6) is 11.5 Å². The van der Waals surface area contributed by atoms with Gasteiger partial charge < -0.3 is 19.0 Å². The van der Waals surface area contributed by atoms with E-state index in [1.165, 1.54) is 32.5 Å². The monoisotopic (exact) mass is 894 g/mol. The molecule has 0 amide bonds. The van der Waals surface area contributed by atoms with Gasteiger partial charge in [0.05, 0.1) is 17.1 Å². The second-order valence-corrected chi connectivity index (χ2v) is 18.0. The van der Waals surface area contributed by atoms with Gasteiger partial charge in [-0.15, -0.1) is 0 Å². The molecule has 13 aromatic rings. The third-order valence-electron chi connectivity index (χ3n) is 14.0. The topological polar surface area (TPSA) is 28.9 Å². The van der Waals surface area contributed by atoms with Gasteiger partial charge in [-0.2, -0.15) is 0 Å². The van der Waals surface area contributed by atoms with E-state index < -0.39 is 0 Å². The van der Waals surface area contributed by atoms with Gasteiger partial charge in [0, 0.05) is 49.7 Å². The normalized spacial score (nSPS) is 11.8. The molecule has 328 valence electrons. The van der Waals surface area contributed by atoms with Crippen LogP contribution in [0.4, 0.5) is 34.1 Å². The molecule has 1 aliphatic heterocycles. The van der Waals surface area contributed by atoms with Crippen molar-refractivity contribution in [3.05, 3.63) is 255 Å². The maximum atomic E-state index is 6.93. The molecule has 0 atom stereocenters. The lowest BCUT2D eigenvalue weighted by Gasteiger charge is -2.28. The van der Waals surface area contributed by atoms with Crippen molar-refractivity contribution in [3.63, 3.8) is 0 Å². The highest BCUT2D eigenvalue weighted by atomic mass is 16.5. The van der Waals surface area contributed by atoms with E-state index in [9.17, 15) is 0 Å². The smallest absolute Gasteiger partial charge is 0.159 e. The molecule has 0 N–H and O–H groups in total. The fraction of sp³-hybridized carbons (Fsp3) is 0. The van der Waals surface area contributed by atoms with Gasteiger partial charge in [-0.25, -0.2) is 0 Å². The Morgan fingerprint density at radius 2 is 0.857 bits per heavy atom. The summed E-state index contributed by atoms with van der Waals surface area (Å²) < 4.78 is 13.6. The first-order chi connectivity index (χ1) is 34.7. The minimum atomic E-state index is 0.844. The van der Waals surface area contributed by atoms with Crippen LogP contribution in [-0.2, 0) is 0 Å². The van der Waals surface area contributed by atoms with Crippen molar-refractivity contribution in [2.24, 2.45) is 0 Å². The predicted octanol–water partition coefficient (Wildman–Crippen LogP) is 19.1. The highest BCUT2D eigenvalue weighted by Gasteiger charge is 2.26. The zero-order valence-corrected chi connectivity index (χ0v) is 38.0. The average Bonchev–Trinajstić information content (AvgIpc) is 3.82. The van der Waals surface area contributed by atoms with Crippen molar-refractivity contribution in [2.75, 3.05) is 9.80 Å². The van der Waals surface area contributed by atoms with E-state index in [2.05, 4.69) is 252 Å². The number of anilines is 6. The maximum absolute atomic E-state index is 6.93. The number of rotatable bonds is 8. The lowest BCUT2D eigenvalue weighted by Crippen LogP contribution is -2.11. The lowest BCUT2D eigenvalue weighted by atomic mass is 9.87. The van der Waals surface area contributed by atoms with Crippen LogP contribution < -0.4 is 14.5 Å². The molecule has 0 bridgehead atoms. The first-order valence-corrected chi connectivity index (χ1v) is 23.8. The summed E-state index contributed by atoms with van der Waals surface area (Å²) in [6.07, 6.45) is 0. The van der Waals surface area contributed by atoms with Crippen LogP contribution in [0.1, 0.15) is 0 Å². The minimum absolute atomic E-state index is 0.844. The third-order valence-corrected chi connectivity index (χ3v) is 14.0. The van der Waals surface area contributed by atoms with Crippen LogP contribution in [0.25, 0.3) is 87.6 Å². The Bertz CT molecular complexity index is 4110. The van der Waals surface area contributed by atoms with Crippen molar-refractivity contribution in [3.8, 4) is 44.9 Å². The van der Waals surface area contributed by atoms with Gasteiger partial charge in [-0.3, -0.25) is 0 Å². The molecule has 0 fully saturated rings. The first-order valence-electron chi connectivity index (χ1n) is 23.8. The molecular formula is C66H42N2O2. The van der Waals surface area contributed by atoms with Crippen molar-refractivity contribution in [1.82, 2.24) is 0 Å². The van der Waals surface area contributed by atoms with Crippen LogP contribution in [0.15, 0.2) is 259 Å². The van der Waals surface area contributed by atoms with Crippen molar-refractivity contribution in [1.29, 1.82) is 0 Å². The molecule has 0 aliphatic carbocycles. The summed E-state index contributed by atoms with van der Waals surface area (Å²) in [5.41, 5.74) is 14.8. The summed E-state index contributed by atoms with van der Waals surface area (Å²) in [6, 6.07) is 90.9. The summed E-state index contributed by atoms with van der Waals surface area (Å²) in [5, 5.41) is 9.27. The molecule has 14 rings (SSSR count). The van der Waals surface area contributed by atoms with Crippen LogP contribution in [0, 0.1) is 0 Å². The van der Waals surface area contributed by atoms with Gasteiger partial charge >= 0.3 is 0 Å². The zero-order valence-electron chi connectivity index (χ0n) is 38.0. The lowest BCUT2D eigenvalue weighted by molar-refractivity contribution is 0.487. The number of nitrogens with zero attached hydrogens (tertiary/aromatic N) is 2. The van der Waals surface area contributed by atoms with Crippen LogP contribution >= 0.6 is 0 Å². The molecule has 0 radical (unpaired) electrons. The van der Waals surface area contributed by atoms with Gasteiger partial charge in [0.1, 0.15) is 17.1 Å². The number of para-hydroxylation sites is 5. The highest BCUT2D eigenvalue weighted by molar-refractivity contribution is 6.26. The van der Waals surface area contributed by atoms with Crippen molar-refractivity contribution in [2.45, 2.75) is 0 Å². The van der Waals surface area contributed by atoms with E-state index in [1.807, 2.05) is 12.1 Å². The maximum Gasteiger partial charge on any atom is 0.159 e. The second kappa shape index (κ2) is 16.2. The number of fused-ring (bicyclic) bond motifs is 9. The van der Waals surface area contributed by atoms with E-state index in [4.69, 9.17) is 9.15 Å². The fourth-order valence-electron chi connectivity index (χ4n) is 10.8. The van der Waals surface area contributed by atoms with Crippen LogP contribution in [0.3, 0.4) is 0 Å². The molecule has 0 spiro atoms. The summed E-state index contributed by atoms with van der Waals surface area (Å²) >= 11 is 0. The van der Waals surface area contributed by atoms with Crippen molar-refractivity contribution < 1.29 is 9.15 Å². The molecule has 70 heavy (non-hydrogen) atoms. The summed E-state index contributed by atoms with van der Waals surface area (Å²) in [6.45, 7) is 0. The molecule has 0 saturated carbocycles. The standard InChI is InChI=1S/C66H42N2O2/c1-4-18-44(19-5-1)49-24-12-14-30-59(49)68(60-31-16-29-55-52-27-13-15-32-62(52)70-66(55)60)48-37-34-43(35-38-48)45-36-39-53-58-41-56-50-25-10-11-26-51(50)61(67(46-20-6-2-7-21-46)47-22-8-3-9-23-47)42-57(56)54-28-17-33-63(65(54)58)69-64(53)40-45/h1-42H. The molecule has 1 aromatic heterocycles. The Morgan fingerprint density at radius 1 is 0.271 bits per heavy atom. The molecule has 4 nitrogen and oxygen atoms in total. The Balaban J connectivity index is 0.888. The van der Waals surface area contributed by atoms with Gasteiger partial charge in [0.15, 0.2) is 5.58 Å². The molecule has 12 aromatic carbocycles. The number of hydrogen-bond acceptors (Lipinski definition) is 4. The third kappa shape index (κ3) is 6.38. The van der Waals surface area contributed by atoms with Crippen molar-refractivity contribution >= 4 is 88.4 Å². The average molecular weight is 895 g/mol. The number of benzene rings is 12. The molecule has 0 saturated heterocycles. The Hall–Kier alpha value is -9.38. The van der Waals surface area contributed by atoms with E-state index in [1.54, 1.807) is 0 Å². The minimum Gasteiger partial charge on any atom is -0.456 e. The van der Waals surface area contributed by atoms with Gasteiger partial charge in [0.25, 0.3) is 0 Å². The highest BCUT2D eigenvalue weighted by Crippen LogP contribution is 2.53. The van der Waals surface area contributed by atoms with E-state index in [-0.39, 0.29) is 0 Å². The van der Waals surface area contributed by atoms with E-state index in [0.717, 1.165) is 101 Å². The largest absolute Gasteiger partial charge is 0.456 e. The number of ether oxygens (including phenoxy) is 1. The SMILES string of the molecule is c1ccc(-c2ccccc2N(c2ccc(-c3ccc4c(c3)Oc3cccc5c3c-4cc3c4ccccc4c(N(c4ccccc4)c4ccccc4)cc53)cc2)c2cccc3c2oc2ccccc23)cc1. The Kier molecular flexibility index (Phi) is 9.17. The second-order valence-electron chi connectivity index (χ2n) is 18.0. The van der Waals surface area contributed by atoms with Gasteiger partial charge in [-0.1, -0.05) is 170 Å². The zero-order chi connectivity index (χ0) is 46.1. The quantitative estimate of drug-likeness (QED) is 0.142. The predicted molar refractivity (Wildman–Crippen MR) is 292 cm³/mol. The van der Waals surface area contributed by atoms with Gasteiger partial charge in [-0.05, 0) is 129 Å². The van der Waals surface area contributed by atoms with E-state index >= 15 is 0 Å². The Labute approximate surface area is 405 Å². The summed E-state index contributed by atoms with van der Waals surface area (Å²) in [5.74, 6) is 1.70. The first kappa shape index (κ1) is 39.8. The molecule has 0 unspecified atom stereocenters. The number of hydrogen-bond donors (Lipinski definition) is 0. The molecule has 4 heteroatoms. The summed E-state index contributed by atoms with van der Waals surface area (Å²) in [7, 11) is 0. The van der Waals surface area contributed by atoms with E-state index in [0.29, 0.717) is 0 Å². The van der Waals surface area contributed by atoms with Gasteiger partial charge in [0.2, 0.25) is 0 Å². The molecular weight excluding hydrogens is 853 g/mol.